The van der Waals surface area contributed by atoms with Gasteiger partial charge in [0.2, 0.25) is 5.76 Å². The third kappa shape index (κ3) is 3.73. The highest BCUT2D eigenvalue weighted by Gasteiger charge is 2.42. The van der Waals surface area contributed by atoms with E-state index in [1.54, 1.807) is 23.1 Å². The van der Waals surface area contributed by atoms with Gasteiger partial charge < -0.3 is 14.1 Å². The molecule has 1 aliphatic rings. The molecule has 156 valence electrons. The molecule has 0 bridgehead atoms. The summed E-state index contributed by atoms with van der Waals surface area (Å²) in [6, 6.07) is 10.1. The smallest absolute Gasteiger partial charge is 0.290 e. The minimum Gasteiger partial charge on any atom is -0.450 e. The Hall–Kier alpha value is -2.70. The van der Waals surface area contributed by atoms with Crippen LogP contribution < -0.4 is 5.43 Å². The Morgan fingerprint density at radius 1 is 1.20 bits per heavy atom. The monoisotopic (exact) mass is 429 g/mol. The van der Waals surface area contributed by atoms with Crippen molar-refractivity contribution in [2.45, 2.75) is 32.4 Å². The molecule has 7 heteroatoms. The van der Waals surface area contributed by atoms with E-state index in [1.165, 1.54) is 12.1 Å². The van der Waals surface area contributed by atoms with Crippen molar-refractivity contribution in [1.82, 2.24) is 4.90 Å². The Labute approximate surface area is 178 Å². The van der Waals surface area contributed by atoms with Gasteiger partial charge in [-0.15, -0.1) is 0 Å². The molecule has 3 aromatic rings. The number of fused-ring (bicyclic) bond motifs is 2. The Morgan fingerprint density at radius 2 is 2.00 bits per heavy atom. The summed E-state index contributed by atoms with van der Waals surface area (Å²) >= 11 is 6.18. The van der Waals surface area contributed by atoms with Gasteiger partial charge in [-0.3, -0.25) is 9.59 Å². The Balaban J connectivity index is 1.83. The van der Waals surface area contributed by atoms with Gasteiger partial charge in [0.1, 0.15) is 11.4 Å². The van der Waals surface area contributed by atoms with Crippen molar-refractivity contribution in [2.75, 3.05) is 13.2 Å². The Kier molecular flexibility index (Phi) is 5.62. The molecule has 5 nitrogen and oxygen atoms in total. The zero-order chi connectivity index (χ0) is 21.4. The first-order valence-corrected chi connectivity index (χ1v) is 10.2. The van der Waals surface area contributed by atoms with Crippen LogP contribution in [0.3, 0.4) is 0 Å². The number of hydrogen-bond donors (Lipinski definition) is 0. The number of carbonyl (C=O) groups is 1. The van der Waals surface area contributed by atoms with E-state index in [1.807, 2.05) is 19.9 Å². The standard InChI is InChI=1S/C23H21ClFNO4/c1-13(2)29-10-4-9-26-20(14-5-3-6-15(24)11-14)19-21(27)17-12-16(25)7-8-18(17)30-22(19)23(26)28/h3,5-8,11-13,20H,4,9-10H2,1-2H3. The first-order valence-electron chi connectivity index (χ1n) is 9.81. The number of amides is 1. The zero-order valence-electron chi connectivity index (χ0n) is 16.7. The highest BCUT2D eigenvalue weighted by atomic mass is 35.5. The van der Waals surface area contributed by atoms with Crippen molar-refractivity contribution >= 4 is 28.5 Å². The van der Waals surface area contributed by atoms with Crippen LogP contribution in [0.15, 0.2) is 51.7 Å². The van der Waals surface area contributed by atoms with Gasteiger partial charge in [-0.1, -0.05) is 23.7 Å². The second kappa shape index (κ2) is 8.20. The maximum Gasteiger partial charge on any atom is 0.290 e. The summed E-state index contributed by atoms with van der Waals surface area (Å²) in [6.07, 6.45) is 0.681. The Morgan fingerprint density at radius 3 is 2.73 bits per heavy atom. The van der Waals surface area contributed by atoms with Crippen LogP contribution in [-0.4, -0.2) is 30.1 Å². The minimum atomic E-state index is -0.658. The number of ether oxygens (including phenoxy) is 1. The average molecular weight is 430 g/mol. The summed E-state index contributed by atoms with van der Waals surface area (Å²) < 4.78 is 25.2. The van der Waals surface area contributed by atoms with Crippen LogP contribution in [-0.2, 0) is 4.74 Å². The lowest BCUT2D eigenvalue weighted by Crippen LogP contribution is -2.31. The van der Waals surface area contributed by atoms with Crippen LogP contribution in [0, 0.1) is 5.82 Å². The number of halogens is 2. The molecule has 0 N–H and O–H groups in total. The first kappa shape index (κ1) is 20.6. The van der Waals surface area contributed by atoms with E-state index in [0.29, 0.717) is 30.2 Å². The van der Waals surface area contributed by atoms with Gasteiger partial charge in [0, 0.05) is 18.2 Å². The summed E-state index contributed by atoms with van der Waals surface area (Å²) in [6.45, 7) is 4.74. The van der Waals surface area contributed by atoms with E-state index in [-0.39, 0.29) is 34.3 Å². The van der Waals surface area contributed by atoms with Crippen LogP contribution >= 0.6 is 11.6 Å². The summed E-state index contributed by atoms with van der Waals surface area (Å²) in [5, 5.41) is 0.603. The number of benzene rings is 2. The molecule has 0 saturated carbocycles. The van der Waals surface area contributed by atoms with Gasteiger partial charge >= 0.3 is 0 Å². The second-order valence-electron chi connectivity index (χ2n) is 7.54. The number of nitrogens with zero attached hydrogens (tertiary/aromatic N) is 1. The van der Waals surface area contributed by atoms with Crippen LogP contribution in [0.25, 0.3) is 11.0 Å². The largest absolute Gasteiger partial charge is 0.450 e. The molecule has 2 aromatic carbocycles. The van der Waals surface area contributed by atoms with Crippen LogP contribution in [0.2, 0.25) is 5.02 Å². The van der Waals surface area contributed by atoms with Gasteiger partial charge in [0.15, 0.2) is 5.43 Å². The van der Waals surface area contributed by atoms with E-state index in [4.69, 9.17) is 20.8 Å². The lowest BCUT2D eigenvalue weighted by Gasteiger charge is -2.25. The lowest BCUT2D eigenvalue weighted by atomic mass is 9.98. The van der Waals surface area contributed by atoms with Crippen molar-refractivity contribution in [3.05, 3.63) is 80.4 Å². The summed E-state index contributed by atoms with van der Waals surface area (Å²) in [5.74, 6) is -0.919. The van der Waals surface area contributed by atoms with Gasteiger partial charge in [-0.2, -0.15) is 0 Å². The molecule has 1 unspecified atom stereocenters. The minimum absolute atomic E-state index is 0.00568. The maximum absolute atomic E-state index is 13.8. The van der Waals surface area contributed by atoms with Crippen LogP contribution in [0.4, 0.5) is 4.39 Å². The molecule has 30 heavy (non-hydrogen) atoms. The van der Waals surface area contributed by atoms with Gasteiger partial charge in [-0.05, 0) is 56.2 Å². The summed E-state index contributed by atoms with van der Waals surface area (Å²) in [7, 11) is 0. The predicted molar refractivity (Wildman–Crippen MR) is 112 cm³/mol. The van der Waals surface area contributed by atoms with Gasteiger partial charge in [0.05, 0.1) is 23.1 Å². The Bertz CT molecular complexity index is 1170. The van der Waals surface area contributed by atoms with E-state index in [9.17, 15) is 14.0 Å². The lowest BCUT2D eigenvalue weighted by molar-refractivity contribution is 0.0593. The second-order valence-corrected chi connectivity index (χ2v) is 7.98. The first-order chi connectivity index (χ1) is 14.4. The van der Waals surface area contributed by atoms with Gasteiger partial charge in [0.25, 0.3) is 5.91 Å². The highest BCUT2D eigenvalue weighted by molar-refractivity contribution is 6.30. The fraction of sp³-hybridized carbons (Fsp3) is 0.304. The molecule has 0 fully saturated rings. The summed E-state index contributed by atoms with van der Waals surface area (Å²) in [4.78, 5) is 28.1. The third-order valence-electron chi connectivity index (χ3n) is 5.09. The van der Waals surface area contributed by atoms with Crippen LogP contribution in [0.1, 0.15) is 48.0 Å². The highest BCUT2D eigenvalue weighted by Crippen LogP contribution is 2.38. The number of carbonyl (C=O) groups excluding carboxylic acids is 1. The molecule has 1 atom stereocenters. The topological polar surface area (TPSA) is 59.8 Å². The quantitative estimate of drug-likeness (QED) is 0.520. The SMILES string of the molecule is CC(C)OCCCN1C(=O)c2oc3ccc(F)cc3c(=O)c2C1c1cccc(Cl)c1. The van der Waals surface area contributed by atoms with Crippen molar-refractivity contribution in [3.63, 3.8) is 0 Å². The average Bonchev–Trinajstić information content (AvgIpc) is 2.98. The molecule has 2 heterocycles. The van der Waals surface area contributed by atoms with E-state index >= 15 is 0 Å². The van der Waals surface area contributed by atoms with Crippen molar-refractivity contribution in [3.8, 4) is 0 Å². The molecule has 1 aliphatic heterocycles. The molecule has 1 aromatic heterocycles. The van der Waals surface area contributed by atoms with E-state index < -0.39 is 17.3 Å². The third-order valence-corrected chi connectivity index (χ3v) is 5.32. The van der Waals surface area contributed by atoms with Crippen LogP contribution in [0.5, 0.6) is 0 Å². The molecule has 0 saturated heterocycles. The number of hydrogen-bond acceptors (Lipinski definition) is 4. The fourth-order valence-electron chi connectivity index (χ4n) is 3.80. The fourth-order valence-corrected chi connectivity index (χ4v) is 4.00. The molecular weight excluding hydrogens is 409 g/mol. The predicted octanol–water partition coefficient (Wildman–Crippen LogP) is 4.95. The molecular formula is C23H21ClFNO4. The van der Waals surface area contributed by atoms with E-state index in [2.05, 4.69) is 0 Å². The van der Waals surface area contributed by atoms with Crippen molar-refractivity contribution < 1.29 is 18.3 Å². The van der Waals surface area contributed by atoms with E-state index in [0.717, 1.165) is 6.07 Å². The molecule has 4 rings (SSSR count). The normalized spacial score (nSPS) is 16.0. The summed E-state index contributed by atoms with van der Waals surface area (Å²) in [5.41, 5.74) is 0.681. The molecule has 0 spiro atoms. The zero-order valence-corrected chi connectivity index (χ0v) is 17.4. The van der Waals surface area contributed by atoms with Crippen molar-refractivity contribution in [1.29, 1.82) is 0 Å². The maximum atomic E-state index is 13.8. The molecule has 1 amide bonds. The van der Waals surface area contributed by atoms with Gasteiger partial charge in [-0.25, -0.2) is 4.39 Å². The number of rotatable bonds is 6. The molecule has 0 aliphatic carbocycles. The molecule has 0 radical (unpaired) electrons. The van der Waals surface area contributed by atoms with Crippen molar-refractivity contribution in [2.24, 2.45) is 0 Å².